The molecule has 1 aliphatic heterocycles. The van der Waals surface area contributed by atoms with Crippen LogP contribution < -0.4 is 0 Å². The second-order valence-corrected chi connectivity index (χ2v) is 11.3. The molecule has 13 heteroatoms. The lowest BCUT2D eigenvalue weighted by molar-refractivity contribution is -0.146. The van der Waals surface area contributed by atoms with Crippen molar-refractivity contribution in [2.45, 2.75) is 39.3 Å². The summed E-state index contributed by atoms with van der Waals surface area (Å²) < 4.78 is 40.4. The number of rotatable bonds is 13. The third-order valence-electron chi connectivity index (χ3n) is 3.52. The molecule has 1 atom stereocenters. The van der Waals surface area contributed by atoms with Crippen molar-refractivity contribution in [3.8, 4) is 0 Å². The highest BCUT2D eigenvalue weighted by Crippen LogP contribution is 2.15. The molecule has 0 spiro atoms. The average molecular weight is 469 g/mol. The van der Waals surface area contributed by atoms with Crippen LogP contribution in [0.25, 0.3) is 0 Å². The van der Waals surface area contributed by atoms with Gasteiger partial charge in [0.15, 0.2) is 0 Å². The maximum Gasteiger partial charge on any atom is 0.734 e. The van der Waals surface area contributed by atoms with Crippen molar-refractivity contribution < 1.29 is 50.4 Å². The number of hydrogen-bond acceptors (Lipinski definition) is 11. The van der Waals surface area contributed by atoms with Crippen LogP contribution in [0.1, 0.15) is 27.2 Å². The smallest absolute Gasteiger partial charge is 0.452 e. The number of ether oxygens (including phenoxy) is 2. The third-order valence-corrected chi connectivity index (χ3v) is 8.57. The monoisotopic (exact) mass is 468 g/mol. The van der Waals surface area contributed by atoms with Gasteiger partial charge >= 0.3 is 17.6 Å². The first-order valence-corrected chi connectivity index (χ1v) is 12.9. The predicted octanol–water partition coefficient (Wildman–Crippen LogP) is 1.01. The second kappa shape index (κ2) is 14.4. The molecule has 30 heavy (non-hydrogen) atoms. The molecule has 174 valence electrons. The van der Waals surface area contributed by atoms with Crippen molar-refractivity contribution in [3.63, 3.8) is 0 Å². The summed E-state index contributed by atoms with van der Waals surface area (Å²) >= 11 is 0. The molecule has 1 saturated heterocycles. The van der Waals surface area contributed by atoms with E-state index < -0.39 is 35.5 Å². The van der Waals surface area contributed by atoms with E-state index in [4.69, 9.17) is 36.0 Å². The number of epoxide rings is 1. The molecule has 0 N–H and O–H groups in total. The van der Waals surface area contributed by atoms with E-state index in [2.05, 4.69) is 6.58 Å². The highest BCUT2D eigenvalue weighted by atomic mass is 28.4. The van der Waals surface area contributed by atoms with Crippen LogP contribution in [-0.4, -0.2) is 82.8 Å². The predicted molar refractivity (Wildman–Crippen MR) is 108 cm³/mol. The van der Waals surface area contributed by atoms with Crippen LogP contribution in [-0.2, 0) is 50.4 Å². The Balaban J connectivity index is 0.000000561. The van der Waals surface area contributed by atoms with Crippen LogP contribution in [0.3, 0.4) is 0 Å². The fraction of sp³-hybridized carbons (Fsp3) is 0.706. The second-order valence-electron chi connectivity index (χ2n) is 6.02. The van der Waals surface area contributed by atoms with Crippen LogP contribution in [0.15, 0.2) is 12.3 Å². The Morgan fingerprint density at radius 1 is 0.967 bits per heavy atom. The molecule has 1 fully saturated rings. The van der Waals surface area contributed by atoms with Gasteiger partial charge in [-0.2, -0.15) is 0 Å². The summed E-state index contributed by atoms with van der Waals surface area (Å²) in [5.74, 6) is -2.16. The lowest BCUT2D eigenvalue weighted by Crippen LogP contribution is -2.47. The Morgan fingerprint density at radius 2 is 1.40 bits per heavy atom. The van der Waals surface area contributed by atoms with E-state index in [1.165, 1.54) is 0 Å². The highest BCUT2D eigenvalue weighted by molar-refractivity contribution is 6.70. The van der Waals surface area contributed by atoms with Crippen molar-refractivity contribution >= 4 is 35.5 Å². The van der Waals surface area contributed by atoms with Crippen LogP contribution >= 0.6 is 0 Å². The SMILES string of the molecule is C=C[Si](OC(C)=O)(OC(C)=O)OC(C)=O.CO[Si](CCCOCC1CO1)(OC)OC. The van der Waals surface area contributed by atoms with Crippen molar-refractivity contribution in [1.29, 1.82) is 0 Å². The Kier molecular flexibility index (Phi) is 13.6. The first-order chi connectivity index (χ1) is 14.1. The van der Waals surface area contributed by atoms with E-state index in [0.717, 1.165) is 45.5 Å². The van der Waals surface area contributed by atoms with Gasteiger partial charge in [-0.3, -0.25) is 14.4 Å². The highest BCUT2D eigenvalue weighted by Gasteiger charge is 2.48. The summed E-state index contributed by atoms with van der Waals surface area (Å²) in [7, 11) is -1.26. The van der Waals surface area contributed by atoms with E-state index in [1.807, 2.05) is 0 Å². The lowest BCUT2D eigenvalue weighted by atomic mass is 10.5. The Labute approximate surface area is 179 Å². The van der Waals surface area contributed by atoms with Gasteiger partial charge in [0.25, 0.3) is 17.9 Å². The van der Waals surface area contributed by atoms with Crippen molar-refractivity contribution in [2.75, 3.05) is 41.2 Å². The molecule has 0 aromatic carbocycles. The van der Waals surface area contributed by atoms with Crippen LogP contribution in [0.4, 0.5) is 0 Å². The zero-order valence-electron chi connectivity index (χ0n) is 18.4. The van der Waals surface area contributed by atoms with Gasteiger partial charge in [-0.15, -0.1) is 0 Å². The van der Waals surface area contributed by atoms with E-state index >= 15 is 0 Å². The molecule has 1 aliphatic rings. The van der Waals surface area contributed by atoms with Gasteiger partial charge in [-0.05, 0) is 6.42 Å². The van der Waals surface area contributed by atoms with Crippen molar-refractivity contribution in [1.82, 2.24) is 0 Å². The molecule has 0 bridgehead atoms. The first kappa shape index (κ1) is 28.4. The summed E-state index contributed by atoms with van der Waals surface area (Å²) in [6, 6.07) is 0.780. The van der Waals surface area contributed by atoms with Crippen LogP contribution in [0.5, 0.6) is 0 Å². The molecule has 0 amide bonds. The fourth-order valence-electron chi connectivity index (χ4n) is 2.11. The number of hydrogen-bond donors (Lipinski definition) is 0. The summed E-state index contributed by atoms with van der Waals surface area (Å²) in [4.78, 5) is 32.3. The molecule has 0 aliphatic carbocycles. The van der Waals surface area contributed by atoms with Gasteiger partial charge in [0.1, 0.15) is 6.10 Å². The minimum Gasteiger partial charge on any atom is -0.452 e. The maximum atomic E-state index is 10.8. The molecular weight excluding hydrogens is 436 g/mol. The first-order valence-electron chi connectivity index (χ1n) is 9.14. The zero-order valence-corrected chi connectivity index (χ0v) is 20.4. The molecule has 0 aromatic rings. The summed E-state index contributed by atoms with van der Waals surface area (Å²) in [5, 5.41) is 0. The molecule has 0 saturated carbocycles. The van der Waals surface area contributed by atoms with Crippen molar-refractivity contribution in [2.24, 2.45) is 0 Å². The molecule has 1 heterocycles. The van der Waals surface area contributed by atoms with Gasteiger partial charge in [-0.1, -0.05) is 6.58 Å². The van der Waals surface area contributed by atoms with Gasteiger partial charge in [0.05, 0.1) is 13.2 Å². The molecule has 1 rings (SSSR count). The van der Waals surface area contributed by atoms with Gasteiger partial charge < -0.3 is 36.0 Å². The topological polar surface area (TPSA) is 128 Å². The van der Waals surface area contributed by atoms with Crippen molar-refractivity contribution in [3.05, 3.63) is 12.3 Å². The standard InChI is InChI=1S/C9H20O5Si.C8H12O6Si/c1-10-15(11-2,12-3)6-4-5-13-7-9-8-14-9;1-5-15(12-6(2)9,13-7(3)10)14-8(4)11/h9H,4-8H2,1-3H3;5H,1H2,2-4H3. The van der Waals surface area contributed by atoms with Gasteiger partial charge in [0.2, 0.25) is 0 Å². The average Bonchev–Trinajstić information content (AvgIpc) is 3.48. The van der Waals surface area contributed by atoms with Crippen LogP contribution in [0, 0.1) is 0 Å². The maximum absolute atomic E-state index is 10.8. The minimum absolute atomic E-state index is 0.333. The molecule has 0 radical (unpaired) electrons. The minimum atomic E-state index is -3.74. The normalized spacial score (nSPS) is 15.3. The number of carbonyl (C=O) groups is 3. The van der Waals surface area contributed by atoms with E-state index in [9.17, 15) is 14.4 Å². The molecule has 0 aromatic heterocycles. The van der Waals surface area contributed by atoms with Gasteiger partial charge in [-0.25, -0.2) is 0 Å². The summed E-state index contributed by atoms with van der Waals surface area (Å²) in [6.45, 7) is 8.89. The quantitative estimate of drug-likeness (QED) is 0.218. The Hall–Kier alpha value is -1.62. The molecule has 11 nitrogen and oxygen atoms in total. The van der Waals surface area contributed by atoms with Gasteiger partial charge in [0, 0.05) is 60.5 Å². The van der Waals surface area contributed by atoms with E-state index in [0.29, 0.717) is 19.3 Å². The zero-order chi connectivity index (χ0) is 23.2. The molecule has 1 unspecified atom stereocenters. The largest absolute Gasteiger partial charge is 0.734 e. The lowest BCUT2D eigenvalue weighted by Gasteiger charge is -2.24. The Bertz CT molecular complexity index is 513. The summed E-state index contributed by atoms with van der Waals surface area (Å²) in [6.07, 6.45) is 1.22. The summed E-state index contributed by atoms with van der Waals surface area (Å²) in [5.41, 5.74) is 1.04. The molecular formula is C17H32O11Si2. The Morgan fingerprint density at radius 3 is 1.70 bits per heavy atom. The number of carbonyl (C=O) groups excluding carboxylic acids is 3. The third kappa shape index (κ3) is 12.2. The van der Waals surface area contributed by atoms with E-state index in [1.54, 1.807) is 21.3 Å². The van der Waals surface area contributed by atoms with E-state index in [-0.39, 0.29) is 0 Å². The van der Waals surface area contributed by atoms with Crippen LogP contribution in [0.2, 0.25) is 6.04 Å². The fourth-order valence-corrected chi connectivity index (χ4v) is 5.38.